The van der Waals surface area contributed by atoms with Gasteiger partial charge in [-0.2, -0.15) is 0 Å². The van der Waals surface area contributed by atoms with Crippen LogP contribution in [0.2, 0.25) is 0 Å². The Labute approximate surface area is 119 Å². The van der Waals surface area contributed by atoms with E-state index in [9.17, 15) is 9.59 Å². The molecular formula is C16H19NO3. The maximum atomic E-state index is 12.3. The molecular weight excluding hydrogens is 254 g/mol. The van der Waals surface area contributed by atoms with Crippen LogP contribution in [0, 0.1) is 0 Å². The van der Waals surface area contributed by atoms with Crippen LogP contribution in [-0.2, 0) is 9.53 Å². The number of para-hydroxylation sites is 1. The van der Waals surface area contributed by atoms with Crippen LogP contribution in [0.25, 0.3) is 0 Å². The normalized spacial score (nSPS) is 17.8. The minimum Gasteiger partial charge on any atom is -0.346 e. The molecule has 1 amide bonds. The Morgan fingerprint density at radius 3 is 2.80 bits per heavy atom. The van der Waals surface area contributed by atoms with Crippen LogP contribution in [0.15, 0.2) is 36.4 Å². The van der Waals surface area contributed by atoms with Crippen molar-refractivity contribution in [2.75, 3.05) is 11.5 Å². The minimum absolute atomic E-state index is 0.153. The van der Waals surface area contributed by atoms with Crippen molar-refractivity contribution < 1.29 is 14.3 Å². The van der Waals surface area contributed by atoms with Crippen molar-refractivity contribution in [1.82, 2.24) is 0 Å². The lowest BCUT2D eigenvalue weighted by atomic mass is 10.1. The number of fused-ring (bicyclic) bond motifs is 1. The van der Waals surface area contributed by atoms with Crippen LogP contribution in [0.1, 0.15) is 37.0 Å². The molecule has 0 saturated carbocycles. The molecule has 2 rings (SSSR count). The van der Waals surface area contributed by atoms with E-state index in [1.54, 1.807) is 18.2 Å². The molecule has 1 atom stereocenters. The number of ketones is 1. The first-order valence-corrected chi connectivity index (χ1v) is 6.86. The van der Waals surface area contributed by atoms with E-state index in [1.807, 2.05) is 18.2 Å². The van der Waals surface area contributed by atoms with E-state index in [0.717, 1.165) is 12.8 Å². The molecule has 20 heavy (non-hydrogen) atoms. The van der Waals surface area contributed by atoms with E-state index in [1.165, 1.54) is 11.8 Å². The lowest BCUT2D eigenvalue weighted by Crippen LogP contribution is -2.40. The maximum absolute atomic E-state index is 12.3. The number of unbranched alkanes of at least 4 members (excludes halogenated alkanes) is 1. The van der Waals surface area contributed by atoms with Gasteiger partial charge in [0.1, 0.15) is 0 Å². The van der Waals surface area contributed by atoms with Crippen molar-refractivity contribution in [2.24, 2.45) is 0 Å². The van der Waals surface area contributed by atoms with Gasteiger partial charge in [0.2, 0.25) is 17.9 Å². The fourth-order valence-corrected chi connectivity index (χ4v) is 2.25. The average molecular weight is 273 g/mol. The molecule has 0 fully saturated rings. The van der Waals surface area contributed by atoms with Crippen molar-refractivity contribution in [3.63, 3.8) is 0 Å². The number of ether oxygens (including phenoxy) is 1. The van der Waals surface area contributed by atoms with Crippen LogP contribution < -0.4 is 4.90 Å². The van der Waals surface area contributed by atoms with Gasteiger partial charge in [-0.25, -0.2) is 0 Å². The van der Waals surface area contributed by atoms with Gasteiger partial charge in [-0.1, -0.05) is 37.6 Å². The van der Waals surface area contributed by atoms with E-state index in [2.05, 4.69) is 6.92 Å². The molecule has 0 aliphatic carbocycles. The zero-order valence-electron chi connectivity index (χ0n) is 11.8. The number of hydrogen-bond donors (Lipinski definition) is 0. The highest BCUT2D eigenvalue weighted by Crippen LogP contribution is 2.32. The highest BCUT2D eigenvalue weighted by molar-refractivity contribution is 6.16. The highest BCUT2D eigenvalue weighted by Gasteiger charge is 2.39. The summed E-state index contributed by atoms with van der Waals surface area (Å²) in [6.45, 7) is 3.87. The molecule has 106 valence electrons. The first-order valence-electron chi connectivity index (χ1n) is 6.86. The summed E-state index contributed by atoms with van der Waals surface area (Å²) in [7, 11) is 0. The first kappa shape index (κ1) is 14.5. The second-order valence-electron chi connectivity index (χ2n) is 4.72. The third-order valence-corrected chi connectivity index (χ3v) is 3.20. The molecule has 0 bridgehead atoms. The lowest BCUT2D eigenvalue weighted by molar-refractivity contribution is -0.118. The lowest BCUT2D eigenvalue weighted by Gasteiger charge is -2.22. The number of nitrogens with zero attached hydrogens (tertiary/aromatic N) is 1. The van der Waals surface area contributed by atoms with E-state index in [4.69, 9.17) is 4.74 Å². The van der Waals surface area contributed by atoms with Crippen molar-refractivity contribution in [1.29, 1.82) is 0 Å². The molecule has 4 nitrogen and oxygen atoms in total. The minimum atomic E-state index is -0.837. The number of carbonyl (C=O) groups excluding carboxylic acids is 2. The number of amides is 1. The third-order valence-electron chi connectivity index (χ3n) is 3.20. The molecule has 1 aliphatic heterocycles. The van der Waals surface area contributed by atoms with Crippen LogP contribution in [-0.4, -0.2) is 24.5 Å². The predicted octanol–water partition coefficient (Wildman–Crippen LogP) is 2.93. The summed E-state index contributed by atoms with van der Waals surface area (Å²) in [5, 5.41) is 0. The van der Waals surface area contributed by atoms with E-state index >= 15 is 0 Å². The first-order chi connectivity index (χ1) is 9.66. The van der Waals surface area contributed by atoms with Gasteiger partial charge in [-0.05, 0) is 18.6 Å². The molecule has 0 N–H and O–H groups in total. The molecule has 1 aliphatic rings. The van der Waals surface area contributed by atoms with Crippen LogP contribution in [0.3, 0.4) is 0 Å². The quantitative estimate of drug-likeness (QED) is 0.775. The van der Waals surface area contributed by atoms with Gasteiger partial charge < -0.3 is 4.74 Å². The molecule has 0 aromatic heterocycles. The Kier molecular flexibility index (Phi) is 4.69. The van der Waals surface area contributed by atoms with Crippen LogP contribution in [0.4, 0.5) is 5.69 Å². The molecule has 4 heteroatoms. The molecule has 0 spiro atoms. The number of Topliss-reactive ketones (excluding diaryl/α,β-unsaturated/α-hetero) is 1. The Bertz CT molecular complexity index is 536. The van der Waals surface area contributed by atoms with Crippen molar-refractivity contribution in [3.8, 4) is 0 Å². The van der Waals surface area contributed by atoms with Crippen molar-refractivity contribution in [2.45, 2.75) is 32.9 Å². The highest BCUT2D eigenvalue weighted by atomic mass is 16.5. The van der Waals surface area contributed by atoms with Gasteiger partial charge in [-0.3, -0.25) is 14.5 Å². The number of carbonyl (C=O) groups is 2. The monoisotopic (exact) mass is 273 g/mol. The maximum Gasteiger partial charge on any atom is 0.226 e. The standard InChI is InChI=1S/C16H19NO3/c1-3-4-5-8-11-20-16-15(19)13-9-6-7-10-14(13)17(16)12(2)18/h5-10,16H,3-4,11H2,1-2H3/b8-5-. The molecule has 1 aromatic rings. The van der Waals surface area contributed by atoms with Gasteiger partial charge in [0.05, 0.1) is 12.3 Å². The average Bonchev–Trinajstić information content (AvgIpc) is 2.72. The fourth-order valence-electron chi connectivity index (χ4n) is 2.25. The second-order valence-corrected chi connectivity index (χ2v) is 4.72. The number of benzene rings is 1. The number of anilines is 1. The van der Waals surface area contributed by atoms with Crippen molar-refractivity contribution >= 4 is 17.4 Å². The Morgan fingerprint density at radius 1 is 1.35 bits per heavy atom. The summed E-state index contributed by atoms with van der Waals surface area (Å²) in [5.41, 5.74) is 1.18. The number of hydrogen-bond acceptors (Lipinski definition) is 3. The van der Waals surface area contributed by atoms with Gasteiger partial charge in [0.25, 0.3) is 0 Å². The SMILES string of the molecule is CCC/C=C\COC1C(=O)c2ccccc2N1C(C)=O. The summed E-state index contributed by atoms with van der Waals surface area (Å²) in [6, 6.07) is 7.10. The summed E-state index contributed by atoms with van der Waals surface area (Å²) in [4.78, 5) is 25.5. The molecule has 1 unspecified atom stereocenters. The third kappa shape index (κ3) is 2.80. The summed E-state index contributed by atoms with van der Waals surface area (Å²) in [5.74, 6) is -0.342. The molecule has 0 saturated heterocycles. The van der Waals surface area contributed by atoms with Crippen molar-refractivity contribution in [3.05, 3.63) is 42.0 Å². The smallest absolute Gasteiger partial charge is 0.226 e. The van der Waals surface area contributed by atoms with E-state index < -0.39 is 6.23 Å². The predicted molar refractivity (Wildman–Crippen MR) is 77.7 cm³/mol. The van der Waals surface area contributed by atoms with Crippen LogP contribution >= 0.6 is 0 Å². The van der Waals surface area contributed by atoms with Gasteiger partial charge in [0.15, 0.2) is 0 Å². The largest absolute Gasteiger partial charge is 0.346 e. The van der Waals surface area contributed by atoms with Gasteiger partial charge >= 0.3 is 0 Å². The summed E-state index contributed by atoms with van der Waals surface area (Å²) < 4.78 is 5.59. The second kappa shape index (κ2) is 6.48. The Hall–Kier alpha value is -1.94. The Balaban J connectivity index is 2.13. The van der Waals surface area contributed by atoms with Gasteiger partial charge in [-0.15, -0.1) is 0 Å². The summed E-state index contributed by atoms with van der Waals surface area (Å²) in [6.07, 6.45) is 5.13. The van der Waals surface area contributed by atoms with E-state index in [-0.39, 0.29) is 11.7 Å². The number of rotatable bonds is 5. The molecule has 1 aromatic carbocycles. The molecule has 0 radical (unpaired) electrons. The summed E-state index contributed by atoms with van der Waals surface area (Å²) >= 11 is 0. The van der Waals surface area contributed by atoms with E-state index in [0.29, 0.717) is 17.9 Å². The fraction of sp³-hybridized carbons (Fsp3) is 0.375. The molecule has 1 heterocycles. The zero-order valence-corrected chi connectivity index (χ0v) is 11.8. The van der Waals surface area contributed by atoms with Crippen LogP contribution in [0.5, 0.6) is 0 Å². The zero-order chi connectivity index (χ0) is 14.5. The van der Waals surface area contributed by atoms with Gasteiger partial charge in [0, 0.05) is 12.5 Å². The Morgan fingerprint density at radius 2 is 2.10 bits per heavy atom. The number of allylic oxidation sites excluding steroid dienone is 1. The topological polar surface area (TPSA) is 46.6 Å².